The van der Waals surface area contributed by atoms with E-state index >= 15 is 0 Å². The van der Waals surface area contributed by atoms with Gasteiger partial charge in [0.05, 0.1) is 13.2 Å². The number of benzene rings is 2. The van der Waals surface area contributed by atoms with Gasteiger partial charge in [-0.2, -0.15) is 0 Å². The van der Waals surface area contributed by atoms with E-state index < -0.39 is 0 Å². The monoisotopic (exact) mass is 362 g/mol. The van der Waals surface area contributed by atoms with Crippen LogP contribution in [0.4, 0.5) is 5.69 Å². The van der Waals surface area contributed by atoms with Gasteiger partial charge in [0.1, 0.15) is 18.4 Å². The maximum atomic E-state index is 12.2. The summed E-state index contributed by atoms with van der Waals surface area (Å²) in [5.41, 5.74) is 3.07. The van der Waals surface area contributed by atoms with E-state index in [1.54, 1.807) is 0 Å². The Balaban J connectivity index is 0.00000225. The summed E-state index contributed by atoms with van der Waals surface area (Å²) in [6.45, 7) is 4.30. The number of amides is 1. The van der Waals surface area contributed by atoms with Gasteiger partial charge in [0, 0.05) is 18.3 Å². The third-order valence-corrected chi connectivity index (χ3v) is 4.00. The zero-order chi connectivity index (χ0) is 16.8. The number of carbonyl (C=O) groups excluding carboxylic acids is 1. The summed E-state index contributed by atoms with van der Waals surface area (Å²) in [6.07, 6.45) is 0. The first kappa shape index (κ1) is 19.2. The molecule has 1 fully saturated rings. The lowest BCUT2D eigenvalue weighted by atomic mass is 10.1. The molecule has 1 aliphatic heterocycles. The van der Waals surface area contributed by atoms with Crippen molar-refractivity contribution >= 4 is 24.0 Å². The maximum Gasteiger partial charge on any atom is 0.243 e. The van der Waals surface area contributed by atoms with Gasteiger partial charge in [-0.25, -0.2) is 0 Å². The molecule has 0 saturated carbocycles. The van der Waals surface area contributed by atoms with E-state index in [0.29, 0.717) is 26.4 Å². The highest BCUT2D eigenvalue weighted by Crippen LogP contribution is 2.19. The molecule has 1 heterocycles. The van der Waals surface area contributed by atoms with Crippen LogP contribution in [-0.4, -0.2) is 31.7 Å². The van der Waals surface area contributed by atoms with Crippen molar-refractivity contribution < 1.29 is 14.3 Å². The van der Waals surface area contributed by atoms with Crippen molar-refractivity contribution in [3.05, 3.63) is 59.7 Å². The van der Waals surface area contributed by atoms with Gasteiger partial charge in [0.25, 0.3) is 0 Å². The second-order valence-electron chi connectivity index (χ2n) is 5.81. The Morgan fingerprint density at radius 3 is 2.88 bits per heavy atom. The highest BCUT2D eigenvalue weighted by Gasteiger charge is 2.21. The molecular formula is C19H23ClN2O3. The SMILES string of the molecule is Cc1ccccc1COc1cccc(NC(=O)C2COCCN2)c1.Cl. The molecule has 0 bridgehead atoms. The summed E-state index contributed by atoms with van der Waals surface area (Å²) in [5.74, 6) is 0.634. The van der Waals surface area contributed by atoms with Crippen molar-refractivity contribution in [3.8, 4) is 5.75 Å². The van der Waals surface area contributed by atoms with Gasteiger partial charge in [-0.05, 0) is 30.2 Å². The predicted octanol–water partition coefficient (Wildman–Crippen LogP) is 2.92. The Hall–Kier alpha value is -2.08. The van der Waals surface area contributed by atoms with Gasteiger partial charge in [0.15, 0.2) is 0 Å². The maximum absolute atomic E-state index is 12.2. The predicted molar refractivity (Wildman–Crippen MR) is 100 cm³/mol. The number of nitrogens with one attached hydrogen (secondary N) is 2. The van der Waals surface area contributed by atoms with E-state index in [-0.39, 0.29) is 24.4 Å². The number of hydrogen-bond acceptors (Lipinski definition) is 4. The summed E-state index contributed by atoms with van der Waals surface area (Å²) in [7, 11) is 0. The van der Waals surface area contributed by atoms with Gasteiger partial charge in [-0.3, -0.25) is 4.79 Å². The second kappa shape index (κ2) is 9.42. The van der Waals surface area contributed by atoms with Crippen molar-refractivity contribution in [2.45, 2.75) is 19.6 Å². The van der Waals surface area contributed by atoms with E-state index in [2.05, 4.69) is 29.7 Å². The van der Waals surface area contributed by atoms with Crippen LogP contribution in [0.3, 0.4) is 0 Å². The molecule has 0 aromatic heterocycles. The number of halogens is 1. The standard InChI is InChI=1S/C19H22N2O3.ClH/c1-14-5-2-3-6-15(14)12-24-17-8-4-7-16(11-17)21-19(22)18-13-23-10-9-20-18;/h2-8,11,18,20H,9-10,12-13H2,1H3,(H,21,22);1H. The molecule has 2 N–H and O–H groups in total. The third kappa shape index (κ3) is 5.46. The van der Waals surface area contributed by atoms with Crippen LogP contribution < -0.4 is 15.4 Å². The first-order valence-corrected chi connectivity index (χ1v) is 8.12. The summed E-state index contributed by atoms with van der Waals surface area (Å²) >= 11 is 0. The normalized spacial score (nSPS) is 16.6. The van der Waals surface area contributed by atoms with Gasteiger partial charge in [-0.1, -0.05) is 30.3 Å². The Kier molecular flexibility index (Phi) is 7.25. The molecule has 2 aromatic rings. The first-order chi connectivity index (χ1) is 11.7. The molecule has 0 aliphatic carbocycles. The van der Waals surface area contributed by atoms with Crippen LogP contribution >= 0.6 is 12.4 Å². The highest BCUT2D eigenvalue weighted by molar-refractivity contribution is 5.95. The van der Waals surface area contributed by atoms with Crippen molar-refractivity contribution in [3.63, 3.8) is 0 Å². The lowest BCUT2D eigenvalue weighted by molar-refractivity contribution is -0.120. The fraction of sp³-hybridized carbons (Fsp3) is 0.316. The van der Waals surface area contributed by atoms with Crippen LogP contribution in [0, 0.1) is 6.92 Å². The molecule has 134 valence electrons. The average molecular weight is 363 g/mol. The van der Waals surface area contributed by atoms with Crippen molar-refractivity contribution in [2.24, 2.45) is 0 Å². The fourth-order valence-corrected chi connectivity index (χ4v) is 2.56. The summed E-state index contributed by atoms with van der Waals surface area (Å²) < 4.78 is 11.2. The third-order valence-electron chi connectivity index (χ3n) is 4.00. The van der Waals surface area contributed by atoms with Crippen LogP contribution in [0.5, 0.6) is 5.75 Å². The van der Waals surface area contributed by atoms with E-state index in [0.717, 1.165) is 17.0 Å². The molecular weight excluding hydrogens is 340 g/mol. The Labute approximate surface area is 154 Å². The molecule has 1 unspecified atom stereocenters. The number of hydrogen-bond donors (Lipinski definition) is 2. The zero-order valence-corrected chi connectivity index (χ0v) is 15.0. The molecule has 6 heteroatoms. The first-order valence-electron chi connectivity index (χ1n) is 8.12. The summed E-state index contributed by atoms with van der Waals surface area (Å²) in [4.78, 5) is 12.2. The van der Waals surface area contributed by atoms with Gasteiger partial charge >= 0.3 is 0 Å². The average Bonchev–Trinajstić information content (AvgIpc) is 2.62. The number of anilines is 1. The minimum Gasteiger partial charge on any atom is -0.489 e. The largest absolute Gasteiger partial charge is 0.489 e. The number of ether oxygens (including phenoxy) is 2. The van der Waals surface area contributed by atoms with Crippen molar-refractivity contribution in [2.75, 3.05) is 25.1 Å². The van der Waals surface area contributed by atoms with Crippen molar-refractivity contribution in [1.82, 2.24) is 5.32 Å². The molecule has 1 amide bonds. The molecule has 1 aliphatic rings. The number of rotatable bonds is 5. The minimum atomic E-state index is -0.310. The van der Waals surface area contributed by atoms with Gasteiger partial charge in [0.2, 0.25) is 5.91 Å². The van der Waals surface area contributed by atoms with Crippen LogP contribution in [0.25, 0.3) is 0 Å². The minimum absolute atomic E-state index is 0. The zero-order valence-electron chi connectivity index (χ0n) is 14.2. The quantitative estimate of drug-likeness (QED) is 0.858. The Morgan fingerprint density at radius 1 is 1.28 bits per heavy atom. The summed E-state index contributed by atoms with van der Waals surface area (Å²) in [5, 5.41) is 6.04. The molecule has 25 heavy (non-hydrogen) atoms. The fourth-order valence-electron chi connectivity index (χ4n) is 2.56. The molecule has 1 atom stereocenters. The second-order valence-corrected chi connectivity index (χ2v) is 5.81. The lowest BCUT2D eigenvalue weighted by Gasteiger charge is -2.23. The van der Waals surface area contributed by atoms with Crippen LogP contribution in [0.15, 0.2) is 48.5 Å². The molecule has 0 spiro atoms. The van der Waals surface area contributed by atoms with Crippen molar-refractivity contribution in [1.29, 1.82) is 0 Å². The van der Waals surface area contributed by atoms with Crippen LogP contribution in [0.1, 0.15) is 11.1 Å². The lowest BCUT2D eigenvalue weighted by Crippen LogP contribution is -2.48. The van der Waals surface area contributed by atoms with E-state index in [1.807, 2.05) is 36.4 Å². The van der Waals surface area contributed by atoms with Gasteiger partial charge in [-0.15, -0.1) is 12.4 Å². The van der Waals surface area contributed by atoms with Crippen LogP contribution in [0.2, 0.25) is 0 Å². The topological polar surface area (TPSA) is 59.6 Å². The van der Waals surface area contributed by atoms with E-state index in [4.69, 9.17) is 9.47 Å². The molecule has 1 saturated heterocycles. The summed E-state index contributed by atoms with van der Waals surface area (Å²) in [6, 6.07) is 15.3. The van der Waals surface area contributed by atoms with E-state index in [1.165, 1.54) is 5.56 Å². The number of morpholine rings is 1. The smallest absolute Gasteiger partial charge is 0.243 e. The Bertz CT molecular complexity index is 703. The molecule has 0 radical (unpaired) electrons. The van der Waals surface area contributed by atoms with Crippen LogP contribution in [-0.2, 0) is 16.1 Å². The highest BCUT2D eigenvalue weighted by atomic mass is 35.5. The number of carbonyl (C=O) groups is 1. The Morgan fingerprint density at radius 2 is 2.12 bits per heavy atom. The van der Waals surface area contributed by atoms with Gasteiger partial charge < -0.3 is 20.1 Å². The number of aryl methyl sites for hydroxylation is 1. The molecule has 2 aromatic carbocycles. The van der Waals surface area contributed by atoms with E-state index in [9.17, 15) is 4.79 Å². The molecule has 5 nitrogen and oxygen atoms in total. The molecule has 3 rings (SSSR count).